The molecule has 0 spiro atoms. The fraction of sp³-hybridized carbons (Fsp3) is 0.467. The minimum Gasteiger partial charge on any atom is -0.493 e. The first-order valence-corrected chi connectivity index (χ1v) is 6.22. The maximum atomic E-state index is 6.23. The largest absolute Gasteiger partial charge is 0.493 e. The second-order valence-electron chi connectivity index (χ2n) is 5.77. The van der Waals surface area contributed by atoms with Crippen molar-refractivity contribution in [3.63, 3.8) is 0 Å². The number of furan rings is 1. The number of hydrogen-bond donors (Lipinski definition) is 1. The Balaban J connectivity index is 2.36. The van der Waals surface area contributed by atoms with Crippen molar-refractivity contribution in [3.05, 3.63) is 30.0 Å². The lowest BCUT2D eigenvalue weighted by atomic mass is 9.84. The predicted octanol–water partition coefficient (Wildman–Crippen LogP) is 3.36. The smallest absolute Gasteiger partial charge is 0.175 e. The molecule has 1 unspecified atom stereocenters. The van der Waals surface area contributed by atoms with Crippen LogP contribution >= 0.6 is 0 Å². The van der Waals surface area contributed by atoms with E-state index < -0.39 is 0 Å². The molecule has 2 aromatic rings. The normalized spacial score (nSPS) is 13.8. The van der Waals surface area contributed by atoms with E-state index in [-0.39, 0.29) is 11.5 Å². The number of hydrogen-bond acceptors (Lipinski definition) is 3. The van der Waals surface area contributed by atoms with Crippen LogP contribution in [0.2, 0.25) is 0 Å². The van der Waals surface area contributed by atoms with Crippen LogP contribution in [-0.4, -0.2) is 13.2 Å². The molecular formula is C15H21NO2. The van der Waals surface area contributed by atoms with Gasteiger partial charge in [-0.1, -0.05) is 32.9 Å². The first-order valence-electron chi connectivity index (χ1n) is 6.22. The first-order chi connectivity index (χ1) is 8.43. The van der Waals surface area contributed by atoms with Gasteiger partial charge in [0.25, 0.3) is 0 Å². The minimum atomic E-state index is 0.0858. The zero-order chi connectivity index (χ0) is 13.3. The summed E-state index contributed by atoms with van der Waals surface area (Å²) >= 11 is 0. The highest BCUT2D eigenvalue weighted by atomic mass is 16.5. The Hall–Kier alpha value is -1.48. The fourth-order valence-corrected chi connectivity index (χ4v) is 1.95. The van der Waals surface area contributed by atoms with Crippen LogP contribution in [-0.2, 0) is 6.42 Å². The average molecular weight is 247 g/mol. The molecule has 1 heterocycles. The summed E-state index contributed by atoms with van der Waals surface area (Å²) in [6.07, 6.45) is 2.60. The molecule has 98 valence electrons. The summed E-state index contributed by atoms with van der Waals surface area (Å²) in [7, 11) is 1.65. The molecule has 0 bridgehead atoms. The Kier molecular flexibility index (Phi) is 3.35. The van der Waals surface area contributed by atoms with Crippen LogP contribution in [0.25, 0.3) is 11.0 Å². The molecular weight excluding hydrogens is 226 g/mol. The van der Waals surface area contributed by atoms with Gasteiger partial charge in [0.15, 0.2) is 11.3 Å². The molecule has 0 aliphatic carbocycles. The molecule has 18 heavy (non-hydrogen) atoms. The number of rotatable bonds is 3. The van der Waals surface area contributed by atoms with E-state index >= 15 is 0 Å². The van der Waals surface area contributed by atoms with E-state index in [0.29, 0.717) is 0 Å². The molecule has 2 rings (SSSR count). The summed E-state index contributed by atoms with van der Waals surface area (Å²) in [4.78, 5) is 0. The second-order valence-corrected chi connectivity index (χ2v) is 5.77. The SMILES string of the molecule is COc1cccc2c(CC(N)C(C)(C)C)coc12. The summed E-state index contributed by atoms with van der Waals surface area (Å²) in [6.45, 7) is 6.46. The molecule has 0 saturated carbocycles. The Morgan fingerprint density at radius 1 is 1.33 bits per heavy atom. The predicted molar refractivity (Wildman–Crippen MR) is 73.9 cm³/mol. The van der Waals surface area contributed by atoms with Gasteiger partial charge in [-0.15, -0.1) is 0 Å². The van der Waals surface area contributed by atoms with Crippen LogP contribution in [0.1, 0.15) is 26.3 Å². The maximum absolute atomic E-state index is 6.23. The van der Waals surface area contributed by atoms with Gasteiger partial charge in [0.1, 0.15) is 0 Å². The van der Waals surface area contributed by atoms with Gasteiger partial charge in [0, 0.05) is 11.4 Å². The summed E-state index contributed by atoms with van der Waals surface area (Å²) in [5.74, 6) is 0.767. The zero-order valence-corrected chi connectivity index (χ0v) is 11.5. The van der Waals surface area contributed by atoms with Crippen LogP contribution in [0.15, 0.2) is 28.9 Å². The van der Waals surface area contributed by atoms with Crippen LogP contribution in [0, 0.1) is 5.41 Å². The molecule has 2 N–H and O–H groups in total. The van der Waals surface area contributed by atoms with Crippen molar-refractivity contribution >= 4 is 11.0 Å². The third-order valence-electron chi connectivity index (χ3n) is 3.42. The van der Waals surface area contributed by atoms with Crippen molar-refractivity contribution in [2.75, 3.05) is 7.11 Å². The quantitative estimate of drug-likeness (QED) is 0.904. The molecule has 0 fully saturated rings. The van der Waals surface area contributed by atoms with E-state index in [2.05, 4.69) is 20.8 Å². The Labute approximate surface area is 108 Å². The number of methoxy groups -OCH3 is 1. The molecule has 1 aromatic carbocycles. The number of benzene rings is 1. The molecule has 3 nitrogen and oxygen atoms in total. The average Bonchev–Trinajstić information content (AvgIpc) is 2.71. The van der Waals surface area contributed by atoms with Gasteiger partial charge in [-0.3, -0.25) is 0 Å². The zero-order valence-electron chi connectivity index (χ0n) is 11.5. The molecule has 0 radical (unpaired) electrons. The van der Waals surface area contributed by atoms with Crippen LogP contribution in [0.5, 0.6) is 5.75 Å². The van der Waals surface area contributed by atoms with Crippen molar-refractivity contribution in [2.45, 2.75) is 33.2 Å². The van der Waals surface area contributed by atoms with Crippen molar-refractivity contribution in [3.8, 4) is 5.75 Å². The van der Waals surface area contributed by atoms with E-state index in [1.807, 2.05) is 18.2 Å². The number of fused-ring (bicyclic) bond motifs is 1. The molecule has 3 heteroatoms. The van der Waals surface area contributed by atoms with Crippen molar-refractivity contribution in [2.24, 2.45) is 11.1 Å². The lowest BCUT2D eigenvalue weighted by Gasteiger charge is -2.26. The Morgan fingerprint density at radius 2 is 2.06 bits per heavy atom. The van der Waals surface area contributed by atoms with Gasteiger partial charge in [-0.05, 0) is 23.5 Å². The van der Waals surface area contributed by atoms with Crippen molar-refractivity contribution in [1.29, 1.82) is 0 Å². The minimum absolute atomic E-state index is 0.0858. The lowest BCUT2D eigenvalue weighted by molar-refractivity contribution is 0.318. The number of para-hydroxylation sites is 1. The number of nitrogens with two attached hydrogens (primary N) is 1. The summed E-state index contributed by atoms with van der Waals surface area (Å²) in [6, 6.07) is 6.03. The van der Waals surface area contributed by atoms with Crippen LogP contribution < -0.4 is 10.5 Å². The molecule has 0 saturated heterocycles. The van der Waals surface area contributed by atoms with Crippen LogP contribution in [0.3, 0.4) is 0 Å². The second kappa shape index (κ2) is 4.65. The van der Waals surface area contributed by atoms with Gasteiger partial charge in [-0.25, -0.2) is 0 Å². The van der Waals surface area contributed by atoms with E-state index in [4.69, 9.17) is 14.9 Å². The van der Waals surface area contributed by atoms with Crippen molar-refractivity contribution in [1.82, 2.24) is 0 Å². The van der Waals surface area contributed by atoms with Gasteiger partial charge < -0.3 is 14.9 Å². The molecule has 0 aliphatic rings. The van der Waals surface area contributed by atoms with Gasteiger partial charge in [0.05, 0.1) is 13.4 Å². The molecule has 0 amide bonds. The standard InChI is InChI=1S/C15H21NO2/c1-15(2,3)13(16)8-10-9-18-14-11(10)6-5-7-12(14)17-4/h5-7,9,13H,8,16H2,1-4H3. The number of ether oxygens (including phenoxy) is 1. The summed E-state index contributed by atoms with van der Waals surface area (Å²) < 4.78 is 10.9. The topological polar surface area (TPSA) is 48.4 Å². The highest BCUT2D eigenvalue weighted by Gasteiger charge is 2.22. The van der Waals surface area contributed by atoms with E-state index in [9.17, 15) is 0 Å². The van der Waals surface area contributed by atoms with E-state index in [0.717, 1.165) is 28.7 Å². The van der Waals surface area contributed by atoms with Gasteiger partial charge >= 0.3 is 0 Å². The third-order valence-corrected chi connectivity index (χ3v) is 3.42. The Bertz CT molecular complexity index is 537. The first kappa shape index (κ1) is 13.0. The summed E-state index contributed by atoms with van der Waals surface area (Å²) in [5, 5.41) is 1.09. The highest BCUT2D eigenvalue weighted by molar-refractivity contribution is 5.86. The molecule has 1 atom stereocenters. The van der Waals surface area contributed by atoms with E-state index in [1.54, 1.807) is 13.4 Å². The molecule has 1 aromatic heterocycles. The molecule has 0 aliphatic heterocycles. The fourth-order valence-electron chi connectivity index (χ4n) is 1.95. The van der Waals surface area contributed by atoms with E-state index in [1.165, 1.54) is 0 Å². The van der Waals surface area contributed by atoms with Gasteiger partial charge in [0.2, 0.25) is 0 Å². The maximum Gasteiger partial charge on any atom is 0.175 e. The third kappa shape index (κ3) is 2.36. The highest BCUT2D eigenvalue weighted by Crippen LogP contribution is 2.31. The summed E-state index contributed by atoms with van der Waals surface area (Å²) in [5.41, 5.74) is 8.26. The monoisotopic (exact) mass is 247 g/mol. The van der Waals surface area contributed by atoms with Crippen molar-refractivity contribution < 1.29 is 9.15 Å². The Morgan fingerprint density at radius 3 is 2.67 bits per heavy atom. The van der Waals surface area contributed by atoms with Crippen LogP contribution in [0.4, 0.5) is 0 Å². The lowest BCUT2D eigenvalue weighted by Crippen LogP contribution is -2.36. The van der Waals surface area contributed by atoms with Gasteiger partial charge in [-0.2, -0.15) is 0 Å².